The molecule has 0 spiro atoms. The maximum absolute atomic E-state index is 10.9. The van der Waals surface area contributed by atoms with Gasteiger partial charge in [-0.2, -0.15) is 0 Å². The number of carbonyl (C=O) groups excluding carboxylic acids is 1. The Morgan fingerprint density at radius 2 is 2.27 bits per heavy atom. The van der Waals surface area contributed by atoms with Crippen molar-refractivity contribution in [2.75, 3.05) is 0 Å². The van der Waals surface area contributed by atoms with Crippen molar-refractivity contribution < 1.29 is 9.90 Å². The van der Waals surface area contributed by atoms with E-state index in [4.69, 9.17) is 11.6 Å². The topological polar surface area (TPSA) is 80.9 Å². The highest BCUT2D eigenvalue weighted by molar-refractivity contribution is 6.68. The van der Waals surface area contributed by atoms with E-state index in [0.29, 0.717) is 5.69 Å². The van der Waals surface area contributed by atoms with Crippen molar-refractivity contribution in [3.05, 3.63) is 30.1 Å². The van der Waals surface area contributed by atoms with E-state index in [2.05, 4.69) is 15.5 Å². The van der Waals surface area contributed by atoms with Crippen LogP contribution in [0.1, 0.15) is 10.4 Å². The van der Waals surface area contributed by atoms with Crippen LogP contribution in [0.4, 0.5) is 0 Å². The van der Waals surface area contributed by atoms with Gasteiger partial charge in [0.2, 0.25) is 0 Å². The van der Waals surface area contributed by atoms with Crippen molar-refractivity contribution in [2.24, 2.45) is 0 Å². The Bertz CT molecular complexity index is 497. The maximum Gasteiger partial charge on any atom is 0.256 e. The quantitative estimate of drug-likeness (QED) is 0.762. The fraction of sp³-hybridized carbons (Fsp3) is 0. The molecule has 6 nitrogen and oxygen atoms in total. The summed E-state index contributed by atoms with van der Waals surface area (Å²) in [6.45, 7) is 0. The van der Waals surface area contributed by atoms with Gasteiger partial charge < -0.3 is 5.11 Å². The van der Waals surface area contributed by atoms with Crippen LogP contribution >= 0.6 is 11.6 Å². The summed E-state index contributed by atoms with van der Waals surface area (Å²) in [4.78, 5) is 10.9. The zero-order valence-electron chi connectivity index (χ0n) is 7.33. The number of tetrazole rings is 1. The summed E-state index contributed by atoms with van der Waals surface area (Å²) < 4.78 is 1.35. The molecule has 0 aliphatic carbocycles. The van der Waals surface area contributed by atoms with E-state index in [0.717, 1.165) is 0 Å². The van der Waals surface area contributed by atoms with Crippen LogP contribution < -0.4 is 0 Å². The molecular weight excluding hydrogens is 220 g/mol. The minimum atomic E-state index is -0.734. The van der Waals surface area contributed by atoms with Crippen LogP contribution in [0.25, 0.3) is 5.69 Å². The molecule has 0 aliphatic rings. The number of phenolic OH excluding ortho intramolecular Hbond substituents is 1. The molecule has 1 aromatic carbocycles. The van der Waals surface area contributed by atoms with Gasteiger partial charge >= 0.3 is 0 Å². The summed E-state index contributed by atoms with van der Waals surface area (Å²) in [6, 6.07) is 4.32. The predicted molar refractivity (Wildman–Crippen MR) is 51.0 cm³/mol. The summed E-state index contributed by atoms with van der Waals surface area (Å²) in [5.41, 5.74) is 0.562. The highest BCUT2D eigenvalue weighted by Gasteiger charge is 2.10. The lowest BCUT2D eigenvalue weighted by molar-refractivity contribution is 0.107. The number of hydrogen-bond donors (Lipinski definition) is 1. The van der Waals surface area contributed by atoms with Gasteiger partial charge in [-0.05, 0) is 40.2 Å². The van der Waals surface area contributed by atoms with Gasteiger partial charge in [0.1, 0.15) is 12.1 Å². The Balaban J connectivity index is 2.52. The van der Waals surface area contributed by atoms with Gasteiger partial charge in [-0.15, -0.1) is 5.10 Å². The molecular formula is C8H5ClN4O2. The Labute approximate surface area is 89.1 Å². The number of aromatic hydroxyl groups is 1. The third-order valence-electron chi connectivity index (χ3n) is 1.81. The van der Waals surface area contributed by atoms with Crippen LogP contribution in [0.2, 0.25) is 0 Å². The number of hydrogen-bond acceptors (Lipinski definition) is 5. The molecule has 1 N–H and O–H groups in total. The van der Waals surface area contributed by atoms with Crippen LogP contribution in [-0.2, 0) is 0 Å². The third-order valence-corrected chi connectivity index (χ3v) is 2.01. The lowest BCUT2D eigenvalue weighted by Crippen LogP contribution is -1.98. The van der Waals surface area contributed by atoms with Crippen molar-refractivity contribution in [3.63, 3.8) is 0 Å². The number of aromatic nitrogens is 4. The fourth-order valence-electron chi connectivity index (χ4n) is 1.10. The van der Waals surface area contributed by atoms with Gasteiger partial charge in [-0.3, -0.25) is 4.79 Å². The summed E-state index contributed by atoms with van der Waals surface area (Å²) in [6.07, 6.45) is 1.37. The first-order chi connectivity index (χ1) is 7.18. The Morgan fingerprint density at radius 3 is 2.87 bits per heavy atom. The molecule has 0 bridgehead atoms. The second-order valence-electron chi connectivity index (χ2n) is 2.73. The van der Waals surface area contributed by atoms with E-state index in [1.54, 1.807) is 6.07 Å². The second-order valence-corrected chi connectivity index (χ2v) is 3.07. The normalized spacial score (nSPS) is 10.2. The fourth-order valence-corrected chi connectivity index (χ4v) is 1.25. The van der Waals surface area contributed by atoms with Crippen LogP contribution in [0.15, 0.2) is 24.5 Å². The van der Waals surface area contributed by atoms with E-state index < -0.39 is 5.24 Å². The van der Waals surface area contributed by atoms with E-state index >= 15 is 0 Å². The third kappa shape index (κ3) is 1.79. The minimum absolute atomic E-state index is 0.0182. The first kappa shape index (κ1) is 9.60. The lowest BCUT2D eigenvalue weighted by Gasteiger charge is -2.02. The van der Waals surface area contributed by atoms with E-state index in [1.165, 1.54) is 23.1 Å². The zero-order chi connectivity index (χ0) is 10.8. The Morgan fingerprint density at radius 1 is 1.47 bits per heavy atom. The van der Waals surface area contributed by atoms with Crippen LogP contribution in [0, 0.1) is 0 Å². The monoisotopic (exact) mass is 224 g/mol. The molecule has 2 aromatic rings. The van der Waals surface area contributed by atoms with E-state index in [9.17, 15) is 9.90 Å². The van der Waals surface area contributed by atoms with Crippen molar-refractivity contribution in [3.8, 4) is 11.4 Å². The van der Waals surface area contributed by atoms with Gasteiger partial charge in [0, 0.05) is 0 Å². The minimum Gasteiger partial charge on any atom is -0.507 e. The molecule has 1 aromatic heterocycles. The molecule has 2 rings (SSSR count). The van der Waals surface area contributed by atoms with Gasteiger partial charge in [0.25, 0.3) is 5.24 Å². The van der Waals surface area contributed by atoms with E-state index in [1.807, 2.05) is 0 Å². The number of halogens is 1. The molecule has 0 fully saturated rings. The maximum atomic E-state index is 10.9. The zero-order valence-corrected chi connectivity index (χ0v) is 8.09. The summed E-state index contributed by atoms with van der Waals surface area (Å²) in [5, 5.41) is 19.1. The SMILES string of the molecule is O=C(Cl)c1cc(-n2cnnn2)ccc1O. The van der Waals surface area contributed by atoms with Crippen LogP contribution in [0.5, 0.6) is 5.75 Å². The molecule has 0 radical (unpaired) electrons. The smallest absolute Gasteiger partial charge is 0.256 e. The number of rotatable bonds is 2. The molecule has 15 heavy (non-hydrogen) atoms. The van der Waals surface area contributed by atoms with Gasteiger partial charge in [0.15, 0.2) is 0 Å². The Hall–Kier alpha value is -1.95. The molecule has 0 unspecified atom stereocenters. The molecule has 0 saturated carbocycles. The largest absolute Gasteiger partial charge is 0.507 e. The van der Waals surface area contributed by atoms with E-state index in [-0.39, 0.29) is 11.3 Å². The van der Waals surface area contributed by atoms with Crippen molar-refractivity contribution in [1.29, 1.82) is 0 Å². The van der Waals surface area contributed by atoms with Crippen LogP contribution in [-0.4, -0.2) is 30.6 Å². The molecule has 1 heterocycles. The average molecular weight is 225 g/mol. The predicted octanol–water partition coefficient (Wildman–Crippen LogP) is 0.747. The van der Waals surface area contributed by atoms with Gasteiger partial charge in [-0.1, -0.05) is 0 Å². The lowest BCUT2D eigenvalue weighted by atomic mass is 10.2. The molecule has 7 heteroatoms. The van der Waals surface area contributed by atoms with Crippen LogP contribution in [0.3, 0.4) is 0 Å². The van der Waals surface area contributed by atoms with Crippen molar-refractivity contribution >= 4 is 16.8 Å². The van der Waals surface area contributed by atoms with Gasteiger partial charge in [-0.25, -0.2) is 4.68 Å². The molecule has 0 atom stereocenters. The summed E-state index contributed by atoms with van der Waals surface area (Å²) >= 11 is 5.28. The molecule has 0 amide bonds. The van der Waals surface area contributed by atoms with Gasteiger partial charge in [0.05, 0.1) is 11.3 Å². The summed E-state index contributed by atoms with van der Waals surface area (Å²) in [7, 11) is 0. The average Bonchev–Trinajstić information content (AvgIpc) is 2.71. The standard InChI is InChI=1S/C8H5ClN4O2/c9-8(15)6-3-5(1-2-7(6)14)13-4-10-11-12-13/h1-4,14H. The number of phenols is 1. The molecule has 0 aliphatic heterocycles. The summed E-state index contributed by atoms with van der Waals surface area (Å²) in [5.74, 6) is -0.174. The molecule has 76 valence electrons. The Kier molecular flexibility index (Phi) is 2.34. The molecule has 0 saturated heterocycles. The first-order valence-corrected chi connectivity index (χ1v) is 4.32. The highest BCUT2D eigenvalue weighted by Crippen LogP contribution is 2.21. The first-order valence-electron chi connectivity index (χ1n) is 3.94. The van der Waals surface area contributed by atoms with Crippen molar-refractivity contribution in [1.82, 2.24) is 20.2 Å². The number of carbonyl (C=O) groups is 1. The number of nitrogens with zero attached hydrogens (tertiary/aromatic N) is 4. The van der Waals surface area contributed by atoms with Crippen molar-refractivity contribution in [2.45, 2.75) is 0 Å². The number of benzene rings is 1. The second kappa shape index (κ2) is 3.66. The highest BCUT2D eigenvalue weighted by atomic mass is 35.5.